The Kier molecular flexibility index (Phi) is 1.77. The highest BCUT2D eigenvalue weighted by Gasteiger charge is 2.15. The SMILES string of the molecule is C[Si](C)(C)c1ccsc1. The minimum absolute atomic E-state index is 0.971. The van der Waals surface area contributed by atoms with Crippen LogP contribution in [-0.4, -0.2) is 8.07 Å². The van der Waals surface area contributed by atoms with Crippen molar-refractivity contribution in [3.05, 3.63) is 16.8 Å². The Morgan fingerprint density at radius 3 is 2.22 bits per heavy atom. The largest absolute Gasteiger partial charge is 0.153 e. The molecule has 0 aliphatic rings. The molecule has 0 aromatic carbocycles. The van der Waals surface area contributed by atoms with Gasteiger partial charge in [-0.25, -0.2) is 0 Å². The van der Waals surface area contributed by atoms with Crippen LogP contribution < -0.4 is 5.19 Å². The van der Waals surface area contributed by atoms with E-state index in [1.165, 1.54) is 0 Å². The molecule has 9 heavy (non-hydrogen) atoms. The average molecular weight is 156 g/mol. The van der Waals surface area contributed by atoms with E-state index in [1.807, 2.05) is 0 Å². The summed E-state index contributed by atoms with van der Waals surface area (Å²) >= 11 is 1.80. The molecule has 0 atom stereocenters. The number of rotatable bonds is 1. The normalized spacial score (nSPS) is 11.9. The zero-order chi connectivity index (χ0) is 6.91. The molecular formula is C7H12SSi. The van der Waals surface area contributed by atoms with Gasteiger partial charge in [0.25, 0.3) is 0 Å². The molecule has 1 heterocycles. The van der Waals surface area contributed by atoms with Crippen molar-refractivity contribution in [3.8, 4) is 0 Å². The molecule has 0 N–H and O–H groups in total. The van der Waals surface area contributed by atoms with Gasteiger partial charge in [-0.2, -0.15) is 11.3 Å². The highest BCUT2D eigenvalue weighted by atomic mass is 32.1. The molecule has 2 heteroatoms. The summed E-state index contributed by atoms with van der Waals surface area (Å²) < 4.78 is 0. The van der Waals surface area contributed by atoms with Crippen LogP contribution in [0.25, 0.3) is 0 Å². The van der Waals surface area contributed by atoms with Gasteiger partial charge in [0.2, 0.25) is 0 Å². The standard InChI is InChI=1S/C7H12SSi/c1-9(2,3)7-4-5-8-6-7/h4-6H,1-3H3. The highest BCUT2D eigenvalue weighted by Crippen LogP contribution is 2.04. The summed E-state index contributed by atoms with van der Waals surface area (Å²) in [5.74, 6) is 0. The minimum atomic E-state index is -0.971. The summed E-state index contributed by atoms with van der Waals surface area (Å²) in [4.78, 5) is 0. The summed E-state index contributed by atoms with van der Waals surface area (Å²) in [6.45, 7) is 7.11. The van der Waals surface area contributed by atoms with Gasteiger partial charge in [-0.3, -0.25) is 0 Å². The van der Waals surface area contributed by atoms with Gasteiger partial charge in [0.05, 0.1) is 8.07 Å². The lowest BCUT2D eigenvalue weighted by Gasteiger charge is -2.12. The summed E-state index contributed by atoms with van der Waals surface area (Å²) in [5, 5.41) is 6.01. The lowest BCUT2D eigenvalue weighted by atomic mass is 10.7. The van der Waals surface area contributed by atoms with Crippen molar-refractivity contribution in [1.82, 2.24) is 0 Å². The van der Waals surface area contributed by atoms with E-state index in [0.717, 1.165) is 0 Å². The molecule has 0 aliphatic carbocycles. The maximum Gasteiger partial charge on any atom is 0.0786 e. The van der Waals surface area contributed by atoms with Crippen LogP contribution in [0.3, 0.4) is 0 Å². The van der Waals surface area contributed by atoms with Gasteiger partial charge >= 0.3 is 0 Å². The van der Waals surface area contributed by atoms with E-state index in [4.69, 9.17) is 0 Å². The van der Waals surface area contributed by atoms with Crippen molar-refractivity contribution in [2.75, 3.05) is 0 Å². The van der Waals surface area contributed by atoms with Gasteiger partial charge in [-0.05, 0) is 15.9 Å². The molecule has 1 aromatic rings. The number of hydrogen-bond donors (Lipinski definition) is 0. The average Bonchev–Trinajstić information content (AvgIpc) is 2.08. The monoisotopic (exact) mass is 156 g/mol. The maximum absolute atomic E-state index is 2.37. The van der Waals surface area contributed by atoms with Gasteiger partial charge in [0.1, 0.15) is 0 Å². The smallest absolute Gasteiger partial charge is 0.0786 e. The van der Waals surface area contributed by atoms with Crippen LogP contribution in [0.2, 0.25) is 19.6 Å². The molecule has 50 valence electrons. The van der Waals surface area contributed by atoms with Crippen molar-refractivity contribution in [3.63, 3.8) is 0 Å². The zero-order valence-electron chi connectivity index (χ0n) is 6.14. The third-order valence-electron chi connectivity index (χ3n) is 1.39. The first-order valence-electron chi connectivity index (χ1n) is 3.13. The second kappa shape index (κ2) is 2.27. The minimum Gasteiger partial charge on any atom is -0.153 e. The van der Waals surface area contributed by atoms with E-state index in [1.54, 1.807) is 16.5 Å². The van der Waals surface area contributed by atoms with E-state index in [-0.39, 0.29) is 0 Å². The lowest BCUT2D eigenvalue weighted by Crippen LogP contribution is -2.35. The third-order valence-corrected chi connectivity index (χ3v) is 4.32. The fourth-order valence-electron chi connectivity index (χ4n) is 0.691. The topological polar surface area (TPSA) is 0 Å². The van der Waals surface area contributed by atoms with E-state index >= 15 is 0 Å². The fourth-order valence-corrected chi connectivity index (χ4v) is 3.54. The molecule has 1 aromatic heterocycles. The Hall–Kier alpha value is -0.0831. The summed E-state index contributed by atoms with van der Waals surface area (Å²) in [5.41, 5.74) is 0. The molecule has 0 saturated carbocycles. The van der Waals surface area contributed by atoms with Crippen molar-refractivity contribution in [2.45, 2.75) is 19.6 Å². The van der Waals surface area contributed by atoms with Crippen LogP contribution in [0.15, 0.2) is 16.8 Å². The van der Waals surface area contributed by atoms with Crippen LogP contribution >= 0.6 is 11.3 Å². The van der Waals surface area contributed by atoms with Gasteiger partial charge in [-0.1, -0.05) is 25.7 Å². The van der Waals surface area contributed by atoms with E-state index < -0.39 is 8.07 Å². The predicted molar refractivity (Wildman–Crippen MR) is 47.3 cm³/mol. The predicted octanol–water partition coefficient (Wildman–Crippen LogP) is 2.29. The summed E-state index contributed by atoms with van der Waals surface area (Å²) in [7, 11) is -0.971. The Morgan fingerprint density at radius 1 is 1.33 bits per heavy atom. The number of thiophene rings is 1. The Morgan fingerprint density at radius 2 is 2.00 bits per heavy atom. The molecule has 1 rings (SSSR count). The van der Waals surface area contributed by atoms with Crippen molar-refractivity contribution >= 4 is 24.6 Å². The lowest BCUT2D eigenvalue weighted by molar-refractivity contribution is 1.76. The van der Waals surface area contributed by atoms with Crippen LogP contribution in [0.4, 0.5) is 0 Å². The molecule has 0 unspecified atom stereocenters. The first kappa shape index (κ1) is 7.03. The molecule has 0 spiro atoms. The number of hydrogen-bond acceptors (Lipinski definition) is 1. The van der Waals surface area contributed by atoms with Gasteiger partial charge in [0.15, 0.2) is 0 Å². The van der Waals surface area contributed by atoms with Gasteiger partial charge < -0.3 is 0 Å². The Labute approximate surface area is 61.5 Å². The van der Waals surface area contributed by atoms with E-state index in [2.05, 4.69) is 36.5 Å². The van der Waals surface area contributed by atoms with Crippen molar-refractivity contribution in [1.29, 1.82) is 0 Å². The summed E-state index contributed by atoms with van der Waals surface area (Å²) in [6, 6.07) is 2.25. The highest BCUT2D eigenvalue weighted by molar-refractivity contribution is 7.10. The van der Waals surface area contributed by atoms with Gasteiger partial charge in [-0.15, -0.1) is 0 Å². The Bertz CT molecular complexity index is 171. The second-order valence-electron chi connectivity index (χ2n) is 3.26. The first-order valence-corrected chi connectivity index (χ1v) is 7.57. The quantitative estimate of drug-likeness (QED) is 0.547. The summed E-state index contributed by atoms with van der Waals surface area (Å²) in [6.07, 6.45) is 0. The van der Waals surface area contributed by atoms with E-state index in [9.17, 15) is 0 Å². The Balaban J connectivity index is 2.90. The first-order chi connectivity index (χ1) is 4.11. The molecule has 0 aliphatic heterocycles. The molecule has 0 nitrogen and oxygen atoms in total. The molecular weight excluding hydrogens is 144 g/mol. The molecule has 0 amide bonds. The second-order valence-corrected chi connectivity index (χ2v) is 9.12. The third kappa shape index (κ3) is 1.66. The maximum atomic E-state index is 2.37. The van der Waals surface area contributed by atoms with Crippen molar-refractivity contribution < 1.29 is 0 Å². The van der Waals surface area contributed by atoms with Crippen molar-refractivity contribution in [2.24, 2.45) is 0 Å². The molecule has 0 radical (unpaired) electrons. The molecule has 0 fully saturated rings. The van der Waals surface area contributed by atoms with Gasteiger partial charge in [0, 0.05) is 0 Å². The zero-order valence-corrected chi connectivity index (χ0v) is 7.96. The van der Waals surface area contributed by atoms with Crippen LogP contribution in [0.5, 0.6) is 0 Å². The molecule has 0 saturated heterocycles. The van der Waals surface area contributed by atoms with E-state index in [0.29, 0.717) is 0 Å². The van der Waals surface area contributed by atoms with Crippen LogP contribution in [0, 0.1) is 0 Å². The molecule has 0 bridgehead atoms. The van der Waals surface area contributed by atoms with Crippen LogP contribution in [-0.2, 0) is 0 Å². The van der Waals surface area contributed by atoms with Crippen LogP contribution in [0.1, 0.15) is 0 Å². The fraction of sp³-hybridized carbons (Fsp3) is 0.429.